The average Bonchev–Trinajstić information content (AvgIpc) is 2.80. The monoisotopic (exact) mass is 333 g/mol. The minimum atomic E-state index is -0.385. The fourth-order valence-electron chi connectivity index (χ4n) is 3.82. The predicted octanol–water partition coefficient (Wildman–Crippen LogP) is 1.89. The van der Waals surface area contributed by atoms with Gasteiger partial charge in [-0.05, 0) is 69.5 Å². The minimum absolute atomic E-state index is 0.110. The van der Waals surface area contributed by atoms with Crippen LogP contribution in [0, 0.1) is 0 Å². The lowest BCUT2D eigenvalue weighted by atomic mass is 9.75. The Morgan fingerprint density at radius 1 is 1.17 bits per heavy atom. The van der Waals surface area contributed by atoms with Crippen LogP contribution in [0.2, 0.25) is 0 Å². The number of hydrogen-bond acceptors (Lipinski definition) is 5. The second-order valence-electron chi connectivity index (χ2n) is 6.66. The summed E-state index contributed by atoms with van der Waals surface area (Å²) >= 11 is 4.55. The molecule has 0 aromatic heterocycles. The third-order valence-corrected chi connectivity index (χ3v) is 5.63. The third-order valence-electron chi connectivity index (χ3n) is 5.27. The highest BCUT2D eigenvalue weighted by atomic mass is 32.1. The summed E-state index contributed by atoms with van der Waals surface area (Å²) in [6.45, 7) is 2.04. The molecule has 2 aliphatic heterocycles. The van der Waals surface area contributed by atoms with Gasteiger partial charge in [0.05, 0.1) is 0 Å². The van der Waals surface area contributed by atoms with Gasteiger partial charge in [0.25, 0.3) is 0 Å². The maximum Gasteiger partial charge on any atom is 0.248 e. The summed E-state index contributed by atoms with van der Waals surface area (Å²) in [6.07, 6.45) is 5.31. The number of ether oxygens (including phenoxy) is 1. The Bertz CT molecular complexity index is 582. The number of rotatable bonds is 3. The molecule has 1 saturated carbocycles. The molecule has 2 heterocycles. The molecule has 1 amide bonds. The highest BCUT2D eigenvalue weighted by molar-refractivity contribution is 7.81. The van der Waals surface area contributed by atoms with Crippen LogP contribution in [0.1, 0.15) is 32.1 Å². The molecule has 5 nitrogen and oxygen atoms in total. The first-order chi connectivity index (χ1) is 11.2. The smallest absolute Gasteiger partial charge is 0.248 e. The average molecular weight is 333 g/mol. The van der Waals surface area contributed by atoms with Crippen LogP contribution in [0.5, 0.6) is 5.75 Å². The van der Waals surface area contributed by atoms with E-state index >= 15 is 0 Å². The van der Waals surface area contributed by atoms with Gasteiger partial charge in [-0.1, -0.05) is 0 Å². The number of piperidine rings is 1. The van der Waals surface area contributed by atoms with Crippen molar-refractivity contribution in [3.05, 3.63) is 24.3 Å². The fourth-order valence-corrected chi connectivity index (χ4v) is 4.29. The molecular formula is C17H23N3O2S. The number of benzene rings is 1. The maximum absolute atomic E-state index is 12.3. The van der Waals surface area contributed by atoms with Gasteiger partial charge in [0.15, 0.2) is 0 Å². The molecule has 124 valence electrons. The number of carbonyl (C=O) groups excluding carboxylic acids is 1. The molecule has 6 heteroatoms. The molecule has 1 aromatic rings. The van der Waals surface area contributed by atoms with E-state index in [0.717, 1.165) is 56.6 Å². The lowest BCUT2D eigenvalue weighted by Crippen LogP contribution is -2.55. The number of hydrogen-bond donors (Lipinski definition) is 3. The van der Waals surface area contributed by atoms with Gasteiger partial charge >= 0.3 is 0 Å². The molecule has 1 spiro atoms. The number of thiol groups is 1. The van der Waals surface area contributed by atoms with Crippen LogP contribution in [-0.2, 0) is 4.79 Å². The van der Waals surface area contributed by atoms with Crippen LogP contribution in [0.25, 0.3) is 0 Å². The van der Waals surface area contributed by atoms with Crippen molar-refractivity contribution in [1.29, 1.82) is 0 Å². The number of amides is 1. The zero-order chi connectivity index (χ0) is 15.9. The number of anilines is 1. The van der Waals surface area contributed by atoms with E-state index in [2.05, 4.69) is 28.2 Å². The van der Waals surface area contributed by atoms with Crippen LogP contribution in [0.3, 0.4) is 0 Å². The number of nitrogens with zero attached hydrogens (tertiary/aromatic N) is 1. The molecule has 2 N–H and O–H groups in total. The summed E-state index contributed by atoms with van der Waals surface area (Å²) in [4.78, 5) is 14.4. The largest absolute Gasteiger partial charge is 0.490 e. The number of nitrogens with one attached hydrogen (secondary N) is 2. The maximum atomic E-state index is 12.3. The molecule has 1 aliphatic carbocycles. The van der Waals surface area contributed by atoms with Crippen molar-refractivity contribution in [2.75, 3.05) is 18.0 Å². The lowest BCUT2D eigenvalue weighted by molar-refractivity contribution is -0.126. The van der Waals surface area contributed by atoms with Crippen LogP contribution in [0.4, 0.5) is 5.69 Å². The Labute approximate surface area is 142 Å². The van der Waals surface area contributed by atoms with E-state index in [9.17, 15) is 4.79 Å². The molecule has 1 aromatic carbocycles. The Morgan fingerprint density at radius 2 is 1.87 bits per heavy atom. The normalized spacial score (nSPS) is 26.9. The van der Waals surface area contributed by atoms with Gasteiger partial charge in [0, 0.05) is 5.69 Å². The molecule has 3 aliphatic rings. The van der Waals surface area contributed by atoms with Crippen molar-refractivity contribution < 1.29 is 9.53 Å². The second-order valence-corrected chi connectivity index (χ2v) is 7.15. The SMILES string of the molecule is O=C1NC(S)N(c2ccc(OC3CCNCC3)cc2)C12CCC2. The number of carbonyl (C=O) groups is 1. The molecule has 3 fully saturated rings. The van der Waals surface area contributed by atoms with Gasteiger partial charge in [-0.25, -0.2) is 0 Å². The van der Waals surface area contributed by atoms with Crippen LogP contribution in [-0.4, -0.2) is 36.1 Å². The molecule has 23 heavy (non-hydrogen) atoms. The molecule has 0 radical (unpaired) electrons. The second kappa shape index (κ2) is 5.91. The summed E-state index contributed by atoms with van der Waals surface area (Å²) in [5.41, 5.74) is 0.392. The van der Waals surface area contributed by atoms with Crippen LogP contribution >= 0.6 is 12.6 Å². The molecule has 1 unspecified atom stereocenters. The minimum Gasteiger partial charge on any atom is -0.490 e. The van der Waals surface area contributed by atoms with E-state index in [0.29, 0.717) is 6.10 Å². The van der Waals surface area contributed by atoms with Crippen molar-refractivity contribution >= 4 is 24.2 Å². The third kappa shape index (κ3) is 2.58. The summed E-state index contributed by atoms with van der Waals surface area (Å²) in [5, 5.41) is 6.29. The lowest BCUT2D eigenvalue weighted by Gasteiger charge is -2.44. The van der Waals surface area contributed by atoms with Crippen LogP contribution < -0.4 is 20.3 Å². The van der Waals surface area contributed by atoms with Crippen molar-refractivity contribution in [3.8, 4) is 5.75 Å². The van der Waals surface area contributed by atoms with Gasteiger partial charge in [-0.3, -0.25) is 4.79 Å². The Hall–Kier alpha value is -1.40. The predicted molar refractivity (Wildman–Crippen MR) is 92.9 cm³/mol. The highest BCUT2D eigenvalue weighted by Crippen LogP contribution is 2.45. The molecule has 2 saturated heterocycles. The summed E-state index contributed by atoms with van der Waals surface area (Å²) in [6, 6.07) is 8.10. The van der Waals surface area contributed by atoms with Crippen molar-refractivity contribution in [1.82, 2.24) is 10.6 Å². The van der Waals surface area contributed by atoms with Crippen molar-refractivity contribution in [2.24, 2.45) is 0 Å². The quantitative estimate of drug-likeness (QED) is 0.740. The summed E-state index contributed by atoms with van der Waals surface area (Å²) in [5.74, 6) is 1.01. The highest BCUT2D eigenvalue weighted by Gasteiger charge is 2.56. The molecule has 1 atom stereocenters. The fraction of sp³-hybridized carbons (Fsp3) is 0.588. The molecule has 4 rings (SSSR count). The summed E-state index contributed by atoms with van der Waals surface area (Å²) in [7, 11) is 0. The van der Waals surface area contributed by atoms with Crippen molar-refractivity contribution in [3.63, 3.8) is 0 Å². The van der Waals surface area contributed by atoms with E-state index in [4.69, 9.17) is 4.74 Å². The standard InChI is InChI=1S/C17H23N3O2S/c21-15-17(8-1-9-17)20(16(23)19-15)12-2-4-13(5-3-12)22-14-6-10-18-11-7-14/h2-5,14,16,18,23H,1,6-11H2,(H,19,21). The Kier molecular flexibility index (Phi) is 3.89. The van der Waals surface area contributed by atoms with Crippen molar-refractivity contribution in [2.45, 2.75) is 49.2 Å². The van der Waals surface area contributed by atoms with E-state index < -0.39 is 0 Å². The van der Waals surface area contributed by atoms with E-state index in [1.165, 1.54) is 0 Å². The molecule has 0 bridgehead atoms. The van der Waals surface area contributed by atoms with Gasteiger partial charge in [-0.2, -0.15) is 0 Å². The zero-order valence-corrected chi connectivity index (χ0v) is 14.0. The van der Waals surface area contributed by atoms with Crippen LogP contribution in [0.15, 0.2) is 24.3 Å². The van der Waals surface area contributed by atoms with Gasteiger partial charge in [-0.15, -0.1) is 12.6 Å². The van der Waals surface area contributed by atoms with Gasteiger partial charge in [0.1, 0.15) is 22.9 Å². The Balaban J connectivity index is 1.50. The first-order valence-corrected chi connectivity index (χ1v) is 8.96. The van der Waals surface area contributed by atoms with E-state index in [-0.39, 0.29) is 16.9 Å². The Morgan fingerprint density at radius 3 is 2.48 bits per heavy atom. The van der Waals surface area contributed by atoms with E-state index in [1.54, 1.807) is 0 Å². The van der Waals surface area contributed by atoms with E-state index in [1.807, 2.05) is 24.3 Å². The first-order valence-electron chi connectivity index (χ1n) is 8.45. The zero-order valence-electron chi connectivity index (χ0n) is 13.1. The topological polar surface area (TPSA) is 53.6 Å². The summed E-state index contributed by atoms with van der Waals surface area (Å²) < 4.78 is 6.05. The molecular weight excluding hydrogens is 310 g/mol. The van der Waals surface area contributed by atoms with Gasteiger partial charge < -0.3 is 20.3 Å². The van der Waals surface area contributed by atoms with Gasteiger partial charge in [0.2, 0.25) is 5.91 Å². The first kappa shape index (κ1) is 15.1.